The molecule has 0 spiro atoms. The highest BCUT2D eigenvalue weighted by Crippen LogP contribution is 2.14. The molecule has 5 nitrogen and oxygen atoms in total. The Bertz CT molecular complexity index is 484. The summed E-state index contributed by atoms with van der Waals surface area (Å²) < 4.78 is 5.03. The van der Waals surface area contributed by atoms with Crippen molar-refractivity contribution in [3.63, 3.8) is 0 Å². The van der Waals surface area contributed by atoms with Gasteiger partial charge in [-0.05, 0) is 25.6 Å². The zero-order chi connectivity index (χ0) is 14.5. The van der Waals surface area contributed by atoms with Crippen LogP contribution < -0.4 is 5.32 Å². The number of carbonyl (C=O) groups excluding carboxylic acids is 2. The van der Waals surface area contributed by atoms with E-state index >= 15 is 0 Å². The van der Waals surface area contributed by atoms with Crippen LogP contribution in [-0.2, 0) is 14.3 Å². The first-order valence-corrected chi connectivity index (χ1v) is 6.87. The molecule has 1 aromatic rings. The van der Waals surface area contributed by atoms with Gasteiger partial charge in [0.1, 0.15) is 12.6 Å². The number of amides is 1. The Hall–Kier alpha value is -1.88. The summed E-state index contributed by atoms with van der Waals surface area (Å²) in [4.78, 5) is 25.8. The molecule has 0 bridgehead atoms. The molecule has 1 amide bonds. The first kappa shape index (κ1) is 14.5. The molecule has 2 rings (SSSR count). The molecule has 108 valence electrons. The molecule has 0 aliphatic carbocycles. The maximum absolute atomic E-state index is 12.0. The Morgan fingerprint density at radius 2 is 2.10 bits per heavy atom. The molecule has 1 aliphatic rings. The van der Waals surface area contributed by atoms with Gasteiger partial charge in [0.25, 0.3) is 0 Å². The molecule has 0 radical (unpaired) electrons. The van der Waals surface area contributed by atoms with E-state index in [1.54, 1.807) is 0 Å². The highest BCUT2D eigenvalue weighted by atomic mass is 16.5. The van der Waals surface area contributed by atoms with Crippen molar-refractivity contribution in [1.82, 2.24) is 4.90 Å². The second-order valence-corrected chi connectivity index (χ2v) is 4.93. The smallest absolute Gasteiger partial charge is 0.323 e. The van der Waals surface area contributed by atoms with Gasteiger partial charge in [-0.25, -0.2) is 0 Å². The van der Waals surface area contributed by atoms with E-state index in [1.807, 2.05) is 43.0 Å². The Morgan fingerprint density at radius 3 is 2.75 bits per heavy atom. The number of ether oxygens (including phenoxy) is 1. The van der Waals surface area contributed by atoms with Crippen LogP contribution in [0.2, 0.25) is 0 Å². The average molecular weight is 276 g/mol. The number of morpholine rings is 1. The zero-order valence-electron chi connectivity index (χ0n) is 11.9. The minimum atomic E-state index is -0.473. The number of hydrogen-bond donors (Lipinski definition) is 1. The fourth-order valence-corrected chi connectivity index (χ4v) is 2.28. The van der Waals surface area contributed by atoms with Gasteiger partial charge in [-0.1, -0.05) is 24.6 Å². The number of nitrogens with one attached hydrogen (secondary N) is 1. The maximum Gasteiger partial charge on any atom is 0.323 e. The van der Waals surface area contributed by atoms with E-state index in [0.29, 0.717) is 13.2 Å². The largest absolute Gasteiger partial charge is 0.463 e. The summed E-state index contributed by atoms with van der Waals surface area (Å²) in [7, 11) is 0. The topological polar surface area (TPSA) is 58.6 Å². The van der Waals surface area contributed by atoms with Crippen molar-refractivity contribution in [3.05, 3.63) is 29.8 Å². The van der Waals surface area contributed by atoms with Crippen LogP contribution in [0, 0.1) is 6.92 Å². The van der Waals surface area contributed by atoms with E-state index in [0.717, 1.165) is 17.8 Å². The lowest BCUT2D eigenvalue weighted by Gasteiger charge is -2.32. The Kier molecular flexibility index (Phi) is 4.74. The zero-order valence-corrected chi connectivity index (χ0v) is 11.9. The fraction of sp³-hybridized carbons (Fsp3) is 0.467. The predicted molar refractivity (Wildman–Crippen MR) is 76.4 cm³/mol. The highest BCUT2D eigenvalue weighted by molar-refractivity contribution is 5.94. The normalized spacial score (nSPS) is 19.5. The molecule has 0 saturated carbocycles. The van der Waals surface area contributed by atoms with Crippen molar-refractivity contribution in [3.8, 4) is 0 Å². The Morgan fingerprint density at radius 1 is 1.40 bits per heavy atom. The summed E-state index contributed by atoms with van der Waals surface area (Å²) >= 11 is 0. The lowest BCUT2D eigenvalue weighted by Crippen LogP contribution is -2.50. The summed E-state index contributed by atoms with van der Waals surface area (Å²) in [6.45, 7) is 5.79. The molecule has 1 fully saturated rings. The molecular weight excluding hydrogens is 256 g/mol. The van der Waals surface area contributed by atoms with Crippen molar-refractivity contribution in [2.24, 2.45) is 0 Å². The highest BCUT2D eigenvalue weighted by Gasteiger charge is 2.32. The lowest BCUT2D eigenvalue weighted by atomic mass is 10.1. The number of carbonyl (C=O) groups is 2. The van der Waals surface area contributed by atoms with Crippen LogP contribution in [0.25, 0.3) is 0 Å². The van der Waals surface area contributed by atoms with Crippen molar-refractivity contribution < 1.29 is 14.3 Å². The summed E-state index contributed by atoms with van der Waals surface area (Å²) in [6.07, 6.45) is 0.126. The standard InChI is InChI=1S/C15H20N2O3/c1-3-17-8-9-20-15(19)13(17)10-14(18)16-12-6-4-11(2)5-7-12/h4-7,13H,3,8-10H2,1-2H3,(H,16,18)/t13-/m0/s1. The molecule has 1 N–H and O–H groups in total. The minimum Gasteiger partial charge on any atom is -0.463 e. The summed E-state index contributed by atoms with van der Waals surface area (Å²) in [5.74, 6) is -0.478. The third kappa shape index (κ3) is 3.57. The number of hydrogen-bond acceptors (Lipinski definition) is 4. The summed E-state index contributed by atoms with van der Waals surface area (Å²) in [5, 5.41) is 2.81. The molecule has 1 atom stereocenters. The molecule has 1 saturated heterocycles. The van der Waals surface area contributed by atoms with E-state index in [4.69, 9.17) is 4.74 Å². The van der Waals surface area contributed by atoms with E-state index < -0.39 is 6.04 Å². The van der Waals surface area contributed by atoms with Gasteiger partial charge in [0.15, 0.2) is 0 Å². The molecule has 20 heavy (non-hydrogen) atoms. The van der Waals surface area contributed by atoms with Gasteiger partial charge in [-0.2, -0.15) is 0 Å². The number of aryl methyl sites for hydroxylation is 1. The quantitative estimate of drug-likeness (QED) is 0.848. The van der Waals surface area contributed by atoms with Gasteiger partial charge >= 0.3 is 5.97 Å². The maximum atomic E-state index is 12.0. The number of anilines is 1. The molecule has 5 heteroatoms. The van der Waals surface area contributed by atoms with E-state index in [2.05, 4.69) is 5.32 Å². The number of esters is 1. The number of nitrogens with zero attached hydrogens (tertiary/aromatic N) is 1. The van der Waals surface area contributed by atoms with Crippen molar-refractivity contribution in [2.75, 3.05) is 25.0 Å². The predicted octanol–water partition coefficient (Wildman–Crippen LogP) is 1.57. The van der Waals surface area contributed by atoms with E-state index in [1.165, 1.54) is 0 Å². The second kappa shape index (κ2) is 6.52. The fourth-order valence-electron chi connectivity index (χ4n) is 2.28. The monoisotopic (exact) mass is 276 g/mol. The van der Waals surface area contributed by atoms with Gasteiger partial charge in [-0.3, -0.25) is 14.5 Å². The number of benzene rings is 1. The van der Waals surface area contributed by atoms with Crippen LogP contribution in [0.15, 0.2) is 24.3 Å². The van der Waals surface area contributed by atoms with Crippen LogP contribution in [-0.4, -0.2) is 42.5 Å². The molecule has 1 heterocycles. The first-order chi connectivity index (χ1) is 9.60. The van der Waals surface area contributed by atoms with Gasteiger partial charge in [0.2, 0.25) is 5.91 Å². The van der Waals surface area contributed by atoms with E-state index in [-0.39, 0.29) is 18.3 Å². The SMILES string of the molecule is CCN1CCOC(=O)[C@@H]1CC(=O)Nc1ccc(C)cc1. The Balaban J connectivity index is 1.95. The van der Waals surface area contributed by atoms with Crippen LogP contribution in [0.1, 0.15) is 18.9 Å². The molecular formula is C15H20N2O3. The summed E-state index contributed by atoms with van der Waals surface area (Å²) in [6, 6.07) is 7.10. The average Bonchev–Trinajstić information content (AvgIpc) is 2.43. The van der Waals surface area contributed by atoms with E-state index in [9.17, 15) is 9.59 Å². The minimum absolute atomic E-state index is 0.126. The van der Waals surface area contributed by atoms with Crippen LogP contribution in [0.3, 0.4) is 0 Å². The summed E-state index contributed by atoms with van der Waals surface area (Å²) in [5.41, 5.74) is 1.88. The van der Waals surface area contributed by atoms with Gasteiger partial charge in [0, 0.05) is 12.2 Å². The van der Waals surface area contributed by atoms with Crippen LogP contribution >= 0.6 is 0 Å². The number of likely N-dealkylation sites (N-methyl/N-ethyl adjacent to an activating group) is 1. The first-order valence-electron chi connectivity index (χ1n) is 6.87. The molecule has 1 aromatic carbocycles. The van der Waals surface area contributed by atoms with Crippen molar-refractivity contribution >= 4 is 17.6 Å². The molecule has 0 aromatic heterocycles. The second-order valence-electron chi connectivity index (χ2n) is 4.93. The van der Waals surface area contributed by atoms with Crippen molar-refractivity contribution in [1.29, 1.82) is 0 Å². The number of rotatable bonds is 4. The van der Waals surface area contributed by atoms with Crippen LogP contribution in [0.4, 0.5) is 5.69 Å². The molecule has 0 unspecified atom stereocenters. The van der Waals surface area contributed by atoms with Gasteiger partial charge < -0.3 is 10.1 Å². The van der Waals surface area contributed by atoms with Crippen molar-refractivity contribution in [2.45, 2.75) is 26.3 Å². The third-order valence-corrected chi connectivity index (χ3v) is 3.46. The van der Waals surface area contributed by atoms with Gasteiger partial charge in [-0.15, -0.1) is 0 Å². The molecule has 1 aliphatic heterocycles. The number of cyclic esters (lactones) is 1. The van der Waals surface area contributed by atoms with Gasteiger partial charge in [0.05, 0.1) is 6.42 Å². The van der Waals surface area contributed by atoms with Crippen LogP contribution in [0.5, 0.6) is 0 Å². The third-order valence-electron chi connectivity index (χ3n) is 3.46. The Labute approximate surface area is 118 Å². The lowest BCUT2D eigenvalue weighted by molar-refractivity contribution is -0.158.